The van der Waals surface area contributed by atoms with E-state index in [2.05, 4.69) is 10.0 Å². The van der Waals surface area contributed by atoms with Crippen molar-refractivity contribution < 1.29 is 28.5 Å². The highest BCUT2D eigenvalue weighted by Crippen LogP contribution is 1.86. The number of azide groups is 1. The number of ketones is 2. The Bertz CT molecular complexity index is 381. The Labute approximate surface area is 154 Å². The molecule has 0 aliphatic rings. The molecule has 0 bridgehead atoms. The summed E-state index contributed by atoms with van der Waals surface area (Å²) in [6.45, 7) is 7.85. The predicted octanol–water partition coefficient (Wildman–Crippen LogP) is 1.27. The zero-order chi connectivity index (χ0) is 19.9. The topological polar surface area (TPSA) is 146 Å². The lowest BCUT2D eigenvalue weighted by Gasteiger charge is -2.03. The van der Waals surface area contributed by atoms with E-state index in [0.717, 1.165) is 0 Å². The van der Waals surface area contributed by atoms with Crippen LogP contribution in [-0.4, -0.2) is 77.5 Å². The van der Waals surface area contributed by atoms with E-state index in [4.69, 9.17) is 30.2 Å². The van der Waals surface area contributed by atoms with Gasteiger partial charge >= 0.3 is 0 Å². The number of nitrogens with zero attached hydrogens (tertiary/aromatic N) is 3. The molecule has 0 unspecified atom stereocenters. The zero-order valence-electron chi connectivity index (χ0n) is 15.9. The first-order valence-corrected chi connectivity index (χ1v) is 8.55. The van der Waals surface area contributed by atoms with Gasteiger partial charge in [-0.15, -0.1) is 0 Å². The SMILES string of the molecule is CC(=O)CCOCCOCCN.CC(=O)CCOCCOCCN=[N+]=[N-]. The highest BCUT2D eigenvalue weighted by molar-refractivity contribution is 5.75. The van der Waals surface area contributed by atoms with Gasteiger partial charge in [0.1, 0.15) is 11.6 Å². The molecule has 10 nitrogen and oxygen atoms in total. The molecule has 152 valence electrons. The summed E-state index contributed by atoms with van der Waals surface area (Å²) in [5, 5.41) is 3.30. The van der Waals surface area contributed by atoms with Gasteiger partial charge in [-0.3, -0.25) is 9.59 Å². The van der Waals surface area contributed by atoms with E-state index in [1.807, 2.05) is 0 Å². The summed E-state index contributed by atoms with van der Waals surface area (Å²) in [7, 11) is 0. The van der Waals surface area contributed by atoms with Crippen LogP contribution in [0.4, 0.5) is 0 Å². The van der Waals surface area contributed by atoms with Gasteiger partial charge in [0.15, 0.2) is 0 Å². The van der Waals surface area contributed by atoms with Crippen LogP contribution >= 0.6 is 0 Å². The van der Waals surface area contributed by atoms with Gasteiger partial charge in [0.2, 0.25) is 0 Å². The minimum absolute atomic E-state index is 0.120. The molecule has 0 aliphatic carbocycles. The fraction of sp³-hybridized carbons (Fsp3) is 0.875. The molecule has 0 aliphatic heterocycles. The second-order valence-electron chi connectivity index (χ2n) is 5.10. The Hall–Kier alpha value is -1.55. The number of ether oxygens (including phenoxy) is 4. The highest BCUT2D eigenvalue weighted by atomic mass is 16.5. The Kier molecular flexibility index (Phi) is 24.1. The summed E-state index contributed by atoms with van der Waals surface area (Å²) in [5.41, 5.74) is 13.1. The first kappa shape index (κ1) is 26.7. The van der Waals surface area contributed by atoms with Crippen LogP contribution < -0.4 is 5.73 Å². The van der Waals surface area contributed by atoms with E-state index in [1.165, 1.54) is 6.92 Å². The molecule has 26 heavy (non-hydrogen) atoms. The maximum atomic E-state index is 10.5. The molecule has 0 saturated heterocycles. The van der Waals surface area contributed by atoms with E-state index in [-0.39, 0.29) is 11.6 Å². The maximum Gasteiger partial charge on any atom is 0.132 e. The number of rotatable bonds is 17. The molecule has 10 heteroatoms. The van der Waals surface area contributed by atoms with Crippen molar-refractivity contribution in [1.29, 1.82) is 0 Å². The summed E-state index contributed by atoms with van der Waals surface area (Å²) in [6, 6.07) is 0. The second-order valence-corrected chi connectivity index (χ2v) is 5.10. The number of carbonyl (C=O) groups is 2. The molecule has 0 atom stereocenters. The molecule has 0 fully saturated rings. The van der Waals surface area contributed by atoms with Crippen molar-refractivity contribution in [3.8, 4) is 0 Å². The van der Waals surface area contributed by atoms with Gasteiger partial charge in [0.05, 0.1) is 52.9 Å². The normalized spacial score (nSPS) is 9.81. The van der Waals surface area contributed by atoms with Crippen LogP contribution in [0.5, 0.6) is 0 Å². The minimum atomic E-state index is 0.120. The van der Waals surface area contributed by atoms with E-state index >= 15 is 0 Å². The quantitative estimate of drug-likeness (QED) is 0.174. The van der Waals surface area contributed by atoms with Crippen LogP contribution in [0.15, 0.2) is 5.11 Å². The standard InChI is InChI=1S/C8H15N3O3.C8H17NO3/c1-8(12)2-4-13-6-7-14-5-3-10-11-9;1-8(10)2-4-11-6-7-12-5-3-9/h2-7H2,1H3;2-7,9H2,1H3. The van der Waals surface area contributed by atoms with E-state index < -0.39 is 0 Å². The average Bonchev–Trinajstić information content (AvgIpc) is 2.59. The third-order valence-corrected chi connectivity index (χ3v) is 2.60. The van der Waals surface area contributed by atoms with Gasteiger partial charge in [-0.2, -0.15) is 0 Å². The Morgan fingerprint density at radius 1 is 0.808 bits per heavy atom. The lowest BCUT2D eigenvalue weighted by Crippen LogP contribution is -2.12. The molecule has 0 spiro atoms. The highest BCUT2D eigenvalue weighted by Gasteiger charge is 1.94. The number of nitrogens with two attached hydrogens (primary N) is 1. The first-order valence-electron chi connectivity index (χ1n) is 8.55. The molecule has 0 radical (unpaired) electrons. The van der Waals surface area contributed by atoms with Crippen molar-refractivity contribution in [3.63, 3.8) is 0 Å². The lowest BCUT2D eigenvalue weighted by atomic mass is 10.3. The molecule has 2 N–H and O–H groups in total. The molecule has 0 rings (SSSR count). The van der Waals surface area contributed by atoms with Crippen LogP contribution in [0.2, 0.25) is 0 Å². The predicted molar refractivity (Wildman–Crippen MR) is 96.9 cm³/mol. The van der Waals surface area contributed by atoms with Crippen LogP contribution in [0.3, 0.4) is 0 Å². The Morgan fingerprint density at radius 3 is 1.62 bits per heavy atom. The molecular formula is C16H32N4O6. The van der Waals surface area contributed by atoms with Gasteiger partial charge in [-0.25, -0.2) is 0 Å². The molecule has 0 amide bonds. The fourth-order valence-corrected chi connectivity index (χ4v) is 1.31. The zero-order valence-corrected chi connectivity index (χ0v) is 15.9. The van der Waals surface area contributed by atoms with Crippen LogP contribution in [0.1, 0.15) is 26.7 Å². The van der Waals surface area contributed by atoms with Gasteiger partial charge in [-0.1, -0.05) is 5.11 Å². The monoisotopic (exact) mass is 376 g/mol. The molecule has 0 aromatic carbocycles. The molecule has 0 heterocycles. The van der Waals surface area contributed by atoms with Crippen molar-refractivity contribution in [1.82, 2.24) is 0 Å². The van der Waals surface area contributed by atoms with Crippen LogP contribution in [-0.2, 0) is 28.5 Å². The summed E-state index contributed by atoms with van der Waals surface area (Å²) in [5.74, 6) is 0.271. The van der Waals surface area contributed by atoms with Crippen molar-refractivity contribution in [2.45, 2.75) is 26.7 Å². The number of hydrogen-bond donors (Lipinski definition) is 1. The number of carbonyl (C=O) groups excluding carboxylic acids is 2. The maximum absolute atomic E-state index is 10.5. The average molecular weight is 376 g/mol. The third kappa shape index (κ3) is 30.3. The van der Waals surface area contributed by atoms with Crippen molar-refractivity contribution in [2.75, 3.05) is 65.9 Å². The Morgan fingerprint density at radius 2 is 1.23 bits per heavy atom. The third-order valence-electron chi connectivity index (χ3n) is 2.60. The van der Waals surface area contributed by atoms with Crippen molar-refractivity contribution in [3.05, 3.63) is 10.4 Å². The number of hydrogen-bond acceptors (Lipinski definition) is 8. The summed E-state index contributed by atoms with van der Waals surface area (Å²) < 4.78 is 20.3. The Balaban J connectivity index is 0. The van der Waals surface area contributed by atoms with Crippen molar-refractivity contribution in [2.24, 2.45) is 10.8 Å². The summed E-state index contributed by atoms with van der Waals surface area (Å²) in [4.78, 5) is 23.5. The molecule has 0 aromatic heterocycles. The largest absolute Gasteiger partial charge is 0.379 e. The van der Waals surface area contributed by atoms with Crippen LogP contribution in [0.25, 0.3) is 10.4 Å². The minimum Gasteiger partial charge on any atom is -0.379 e. The van der Waals surface area contributed by atoms with Gasteiger partial charge in [0.25, 0.3) is 0 Å². The lowest BCUT2D eigenvalue weighted by molar-refractivity contribution is -0.119. The van der Waals surface area contributed by atoms with Crippen LogP contribution in [0, 0.1) is 0 Å². The molecule has 0 saturated carbocycles. The number of Topliss-reactive ketones (excluding diaryl/α,β-unsaturated/α-hetero) is 2. The van der Waals surface area contributed by atoms with Gasteiger partial charge in [-0.05, 0) is 19.4 Å². The summed E-state index contributed by atoms with van der Waals surface area (Å²) in [6.07, 6.45) is 0.926. The second kappa shape index (κ2) is 23.4. The van der Waals surface area contributed by atoms with E-state index in [0.29, 0.717) is 78.8 Å². The molecular weight excluding hydrogens is 344 g/mol. The smallest absolute Gasteiger partial charge is 0.132 e. The van der Waals surface area contributed by atoms with E-state index in [9.17, 15) is 9.59 Å². The van der Waals surface area contributed by atoms with Gasteiger partial charge < -0.3 is 24.7 Å². The summed E-state index contributed by atoms with van der Waals surface area (Å²) >= 11 is 0. The van der Waals surface area contributed by atoms with Crippen molar-refractivity contribution >= 4 is 11.6 Å². The fourth-order valence-electron chi connectivity index (χ4n) is 1.31. The van der Waals surface area contributed by atoms with Gasteiger partial charge in [0, 0.05) is 30.8 Å². The first-order chi connectivity index (χ1) is 12.5. The van der Waals surface area contributed by atoms with E-state index in [1.54, 1.807) is 6.92 Å². The molecule has 0 aromatic rings.